The van der Waals surface area contributed by atoms with Gasteiger partial charge in [0.2, 0.25) is 5.91 Å². The number of likely N-dealkylation sites (N-methyl/N-ethyl adjacent to an activating group) is 2. The smallest absolute Gasteiger partial charge is 0.410 e. The number of thiazole rings is 1. The molecule has 5 rings (SSSR count). The van der Waals surface area contributed by atoms with Gasteiger partial charge in [-0.3, -0.25) is 9.59 Å². The second kappa shape index (κ2) is 9.27. The summed E-state index contributed by atoms with van der Waals surface area (Å²) in [5.41, 5.74) is 2.82. The van der Waals surface area contributed by atoms with E-state index in [2.05, 4.69) is 20.3 Å². The van der Waals surface area contributed by atoms with Crippen LogP contribution in [0.15, 0.2) is 29.3 Å². The molecule has 1 atom stereocenters. The van der Waals surface area contributed by atoms with Crippen molar-refractivity contribution in [2.75, 3.05) is 33.0 Å². The van der Waals surface area contributed by atoms with E-state index in [4.69, 9.17) is 4.74 Å². The summed E-state index contributed by atoms with van der Waals surface area (Å²) in [7, 11) is 4.87. The lowest BCUT2D eigenvalue weighted by Crippen LogP contribution is -2.40. The van der Waals surface area contributed by atoms with Crippen LogP contribution in [0.3, 0.4) is 0 Å². The highest BCUT2D eigenvalue weighted by atomic mass is 32.1. The number of H-pyrrole nitrogens is 1. The number of nitrogens with one attached hydrogen (secondary N) is 2. The first-order valence-corrected chi connectivity index (χ1v) is 12.7. The summed E-state index contributed by atoms with van der Waals surface area (Å²) in [6, 6.07) is 5.71. The highest BCUT2D eigenvalue weighted by Crippen LogP contribution is 2.39. The Bertz CT molecular complexity index is 1490. The number of thiophene rings is 1. The zero-order valence-electron chi connectivity index (χ0n) is 19.5. The summed E-state index contributed by atoms with van der Waals surface area (Å²) < 4.78 is 6.57. The molecular formula is C23H24N6O4S2. The molecule has 0 saturated carbocycles. The normalized spacial score (nSPS) is 15.1. The van der Waals surface area contributed by atoms with Gasteiger partial charge in [0.05, 0.1) is 15.6 Å². The number of hydrogen-bond donors (Lipinski definition) is 2. The molecule has 4 aromatic rings. The SMILES string of the molecule is CN(C)C(=O)CN(C)C(=O)OC1CCc2c(sc3ncnc(Nc4ccc5[nH]c(=O)sc5c4)c23)C1. The predicted octanol–water partition coefficient (Wildman–Crippen LogP) is 3.35. The van der Waals surface area contributed by atoms with Gasteiger partial charge in [0.25, 0.3) is 0 Å². The number of rotatable bonds is 5. The van der Waals surface area contributed by atoms with Crippen molar-refractivity contribution in [2.24, 2.45) is 0 Å². The van der Waals surface area contributed by atoms with Crippen molar-refractivity contribution in [3.8, 4) is 0 Å². The maximum atomic E-state index is 12.5. The molecule has 0 aliphatic heterocycles. The maximum Gasteiger partial charge on any atom is 0.410 e. The highest BCUT2D eigenvalue weighted by Gasteiger charge is 2.28. The molecule has 0 spiro atoms. The fourth-order valence-electron chi connectivity index (χ4n) is 4.08. The summed E-state index contributed by atoms with van der Waals surface area (Å²) in [5, 5.41) is 4.37. The number of hydrogen-bond acceptors (Lipinski definition) is 9. The van der Waals surface area contributed by atoms with E-state index < -0.39 is 6.09 Å². The lowest BCUT2D eigenvalue weighted by atomic mass is 9.94. The quantitative estimate of drug-likeness (QED) is 0.421. The van der Waals surface area contributed by atoms with Gasteiger partial charge in [-0.05, 0) is 36.6 Å². The summed E-state index contributed by atoms with van der Waals surface area (Å²) in [5.74, 6) is 0.551. The van der Waals surface area contributed by atoms with Crippen molar-refractivity contribution >= 4 is 66.6 Å². The van der Waals surface area contributed by atoms with Crippen LogP contribution >= 0.6 is 22.7 Å². The van der Waals surface area contributed by atoms with Gasteiger partial charge in [0.15, 0.2) is 0 Å². The Morgan fingerprint density at radius 2 is 2.06 bits per heavy atom. The van der Waals surface area contributed by atoms with Crippen LogP contribution < -0.4 is 10.2 Å². The van der Waals surface area contributed by atoms with Crippen molar-refractivity contribution in [3.63, 3.8) is 0 Å². The van der Waals surface area contributed by atoms with E-state index in [-0.39, 0.29) is 23.4 Å². The number of ether oxygens (including phenoxy) is 1. The molecule has 12 heteroatoms. The lowest BCUT2D eigenvalue weighted by molar-refractivity contribution is -0.129. The number of anilines is 2. The van der Waals surface area contributed by atoms with Gasteiger partial charge < -0.3 is 24.8 Å². The minimum absolute atomic E-state index is 0.0251. The molecule has 0 radical (unpaired) electrons. The molecule has 1 unspecified atom stereocenters. The van der Waals surface area contributed by atoms with Crippen LogP contribution in [0.2, 0.25) is 0 Å². The van der Waals surface area contributed by atoms with Gasteiger partial charge >= 0.3 is 11.0 Å². The number of aromatic amines is 1. The number of fused-ring (bicyclic) bond motifs is 4. The van der Waals surface area contributed by atoms with Crippen LogP contribution in [0.25, 0.3) is 20.4 Å². The first kappa shape index (κ1) is 23.2. The van der Waals surface area contributed by atoms with Crippen molar-refractivity contribution in [1.82, 2.24) is 24.8 Å². The van der Waals surface area contributed by atoms with Gasteiger partial charge in [-0.15, -0.1) is 11.3 Å². The molecule has 1 aromatic carbocycles. The van der Waals surface area contributed by atoms with Crippen LogP contribution in [0, 0.1) is 0 Å². The Hall–Kier alpha value is -3.51. The van der Waals surface area contributed by atoms with E-state index in [1.54, 1.807) is 32.5 Å². The van der Waals surface area contributed by atoms with E-state index in [1.807, 2.05) is 18.2 Å². The van der Waals surface area contributed by atoms with E-state index >= 15 is 0 Å². The molecule has 2 amide bonds. The fourth-order valence-corrected chi connectivity index (χ4v) is 6.10. The number of benzene rings is 1. The highest BCUT2D eigenvalue weighted by molar-refractivity contribution is 7.19. The Balaban J connectivity index is 1.34. The molecule has 2 N–H and O–H groups in total. The molecule has 1 aliphatic rings. The monoisotopic (exact) mass is 512 g/mol. The van der Waals surface area contributed by atoms with E-state index in [9.17, 15) is 14.4 Å². The van der Waals surface area contributed by atoms with E-state index in [1.165, 1.54) is 33.0 Å². The Morgan fingerprint density at radius 1 is 1.23 bits per heavy atom. The summed E-state index contributed by atoms with van der Waals surface area (Å²) in [6.45, 7) is -0.0251. The van der Waals surface area contributed by atoms with Gasteiger partial charge in [0, 0.05) is 38.1 Å². The molecule has 182 valence electrons. The average Bonchev–Trinajstić information content (AvgIpc) is 3.37. The molecule has 1 aliphatic carbocycles. The van der Waals surface area contributed by atoms with Crippen LogP contribution in [0.5, 0.6) is 0 Å². The number of aryl methyl sites for hydroxylation is 1. The average molecular weight is 513 g/mol. The molecule has 0 fully saturated rings. The maximum absolute atomic E-state index is 12.5. The molecule has 35 heavy (non-hydrogen) atoms. The van der Waals surface area contributed by atoms with Crippen LogP contribution in [-0.4, -0.2) is 70.5 Å². The minimum atomic E-state index is -0.501. The second-order valence-corrected chi connectivity index (χ2v) is 10.7. The van der Waals surface area contributed by atoms with Crippen LogP contribution in [-0.2, 0) is 22.4 Å². The van der Waals surface area contributed by atoms with Crippen LogP contribution in [0.1, 0.15) is 16.9 Å². The molecule has 0 saturated heterocycles. The zero-order chi connectivity index (χ0) is 24.7. The van der Waals surface area contributed by atoms with Crippen molar-refractivity contribution < 1.29 is 14.3 Å². The third-order valence-electron chi connectivity index (χ3n) is 5.93. The summed E-state index contributed by atoms with van der Waals surface area (Å²) in [6.07, 6.45) is 2.78. The standard InChI is InChI=1S/C23H24N6O4S2/c1-28(2)18(30)10-29(3)23(32)33-13-5-6-14-16(9-13)34-21-19(14)20(24-11-25-21)26-12-4-7-15-17(8-12)35-22(31)27-15/h4,7-8,11,13H,5-6,9-10H2,1-3H3,(H,27,31)(H,24,25,26). The van der Waals surface area contributed by atoms with Gasteiger partial charge in [-0.1, -0.05) is 11.3 Å². The molecule has 3 aromatic heterocycles. The third-order valence-corrected chi connectivity index (χ3v) is 7.94. The Labute approximate surface area is 208 Å². The largest absolute Gasteiger partial charge is 0.446 e. The number of carbonyl (C=O) groups is 2. The molecule has 10 nitrogen and oxygen atoms in total. The number of nitrogens with zero attached hydrogens (tertiary/aromatic N) is 4. The number of carbonyl (C=O) groups excluding carboxylic acids is 2. The van der Waals surface area contributed by atoms with Crippen molar-refractivity contribution in [1.29, 1.82) is 0 Å². The zero-order valence-corrected chi connectivity index (χ0v) is 21.1. The van der Waals surface area contributed by atoms with Crippen LogP contribution in [0.4, 0.5) is 16.3 Å². The first-order chi connectivity index (χ1) is 16.8. The molecule has 3 heterocycles. The third kappa shape index (κ3) is 4.71. The predicted molar refractivity (Wildman–Crippen MR) is 137 cm³/mol. The minimum Gasteiger partial charge on any atom is -0.446 e. The fraction of sp³-hybridized carbons (Fsp3) is 0.348. The lowest BCUT2D eigenvalue weighted by Gasteiger charge is -2.26. The Morgan fingerprint density at radius 3 is 2.86 bits per heavy atom. The second-order valence-electron chi connectivity index (χ2n) is 8.65. The number of aromatic nitrogens is 3. The van der Waals surface area contributed by atoms with Crippen molar-refractivity contribution in [3.05, 3.63) is 44.6 Å². The van der Waals surface area contributed by atoms with Gasteiger partial charge in [0.1, 0.15) is 29.6 Å². The van der Waals surface area contributed by atoms with E-state index in [0.29, 0.717) is 18.7 Å². The molecular weight excluding hydrogens is 488 g/mol. The Kier molecular flexibility index (Phi) is 6.15. The summed E-state index contributed by atoms with van der Waals surface area (Å²) in [4.78, 5) is 52.4. The van der Waals surface area contributed by atoms with Gasteiger partial charge in [-0.2, -0.15) is 0 Å². The topological polar surface area (TPSA) is 121 Å². The van der Waals surface area contributed by atoms with Crippen molar-refractivity contribution in [2.45, 2.75) is 25.4 Å². The number of amides is 2. The molecule has 0 bridgehead atoms. The van der Waals surface area contributed by atoms with E-state index in [0.717, 1.165) is 37.4 Å². The first-order valence-electron chi connectivity index (χ1n) is 11.1. The summed E-state index contributed by atoms with van der Waals surface area (Å²) >= 11 is 2.75. The van der Waals surface area contributed by atoms with Gasteiger partial charge in [-0.25, -0.2) is 14.8 Å².